The summed E-state index contributed by atoms with van der Waals surface area (Å²) in [5, 5.41) is 3.02. The van der Waals surface area contributed by atoms with Crippen molar-refractivity contribution in [1.82, 2.24) is 10.2 Å². The van der Waals surface area contributed by atoms with Gasteiger partial charge in [-0.05, 0) is 56.5 Å². The predicted octanol–water partition coefficient (Wildman–Crippen LogP) is 5.33. The van der Waals surface area contributed by atoms with E-state index in [4.69, 9.17) is 9.47 Å². The standard InChI is InChI=1S/C31H37FN2O4/c1-31(2,3)33-30(36)26(19-22-11-7-6-8-12-22)34(21-24-13-9-10-14-25(24)32)29(35)18-16-23-15-17-27(37-4)28(20-23)38-5/h6-15,17,20,26H,16,18-19,21H2,1-5H3,(H,33,36). The number of aryl methyl sites for hydroxylation is 1. The van der Waals surface area contributed by atoms with Crippen LogP contribution in [0, 0.1) is 5.82 Å². The lowest BCUT2D eigenvalue weighted by atomic mass is 9.99. The first-order valence-electron chi connectivity index (χ1n) is 12.7. The highest BCUT2D eigenvalue weighted by molar-refractivity contribution is 5.88. The predicted molar refractivity (Wildman–Crippen MR) is 147 cm³/mol. The molecule has 0 saturated carbocycles. The van der Waals surface area contributed by atoms with Gasteiger partial charge in [0.15, 0.2) is 11.5 Å². The number of amides is 2. The first-order valence-corrected chi connectivity index (χ1v) is 12.7. The van der Waals surface area contributed by atoms with Gasteiger partial charge in [0.25, 0.3) is 0 Å². The van der Waals surface area contributed by atoms with Gasteiger partial charge in [0.05, 0.1) is 14.2 Å². The molecule has 0 heterocycles. The molecule has 38 heavy (non-hydrogen) atoms. The van der Waals surface area contributed by atoms with E-state index < -0.39 is 17.4 Å². The SMILES string of the molecule is COc1ccc(CCC(=O)N(Cc2ccccc2F)C(Cc2ccccc2)C(=O)NC(C)(C)C)cc1OC. The summed E-state index contributed by atoms with van der Waals surface area (Å²) in [5.41, 5.74) is 1.65. The zero-order valence-electron chi connectivity index (χ0n) is 22.8. The van der Waals surface area contributed by atoms with Crippen molar-refractivity contribution in [1.29, 1.82) is 0 Å². The molecule has 0 aromatic heterocycles. The van der Waals surface area contributed by atoms with Gasteiger partial charge in [-0.2, -0.15) is 0 Å². The summed E-state index contributed by atoms with van der Waals surface area (Å²) in [7, 11) is 3.13. The Morgan fingerprint density at radius 1 is 0.895 bits per heavy atom. The Hall–Kier alpha value is -3.87. The number of carbonyl (C=O) groups is 2. The molecule has 3 rings (SSSR count). The molecule has 0 saturated heterocycles. The summed E-state index contributed by atoms with van der Waals surface area (Å²) >= 11 is 0. The molecule has 1 N–H and O–H groups in total. The number of benzene rings is 3. The lowest BCUT2D eigenvalue weighted by Crippen LogP contribution is -2.54. The van der Waals surface area contributed by atoms with Crippen LogP contribution in [0.3, 0.4) is 0 Å². The van der Waals surface area contributed by atoms with Gasteiger partial charge >= 0.3 is 0 Å². The Morgan fingerprint density at radius 3 is 2.18 bits per heavy atom. The van der Waals surface area contributed by atoms with Crippen molar-refractivity contribution in [2.24, 2.45) is 0 Å². The summed E-state index contributed by atoms with van der Waals surface area (Å²) < 4.78 is 25.4. The fourth-order valence-corrected chi connectivity index (χ4v) is 4.25. The molecule has 0 bridgehead atoms. The monoisotopic (exact) mass is 520 g/mol. The Balaban J connectivity index is 1.94. The Labute approximate surface area is 224 Å². The highest BCUT2D eigenvalue weighted by Crippen LogP contribution is 2.28. The van der Waals surface area contributed by atoms with Crippen LogP contribution in [0.25, 0.3) is 0 Å². The third kappa shape index (κ3) is 8.07. The largest absolute Gasteiger partial charge is 0.493 e. The molecule has 1 unspecified atom stereocenters. The number of rotatable bonds is 11. The third-order valence-corrected chi connectivity index (χ3v) is 6.14. The van der Waals surface area contributed by atoms with Gasteiger partial charge < -0.3 is 19.7 Å². The van der Waals surface area contributed by atoms with Gasteiger partial charge in [0.1, 0.15) is 11.9 Å². The molecule has 3 aromatic rings. The van der Waals surface area contributed by atoms with Gasteiger partial charge in [-0.1, -0.05) is 54.6 Å². The number of nitrogens with zero attached hydrogens (tertiary/aromatic N) is 1. The number of ether oxygens (including phenoxy) is 2. The molecule has 202 valence electrons. The lowest BCUT2D eigenvalue weighted by molar-refractivity contribution is -0.142. The van der Waals surface area contributed by atoms with Crippen molar-refractivity contribution < 1.29 is 23.5 Å². The maximum absolute atomic E-state index is 14.7. The first kappa shape index (κ1) is 28.7. The second-order valence-corrected chi connectivity index (χ2v) is 10.2. The average Bonchev–Trinajstić information content (AvgIpc) is 2.89. The minimum Gasteiger partial charge on any atom is -0.493 e. The molecule has 0 aliphatic rings. The van der Waals surface area contributed by atoms with Crippen LogP contribution >= 0.6 is 0 Å². The van der Waals surface area contributed by atoms with E-state index in [-0.39, 0.29) is 24.8 Å². The van der Waals surface area contributed by atoms with Crippen LogP contribution in [-0.4, -0.2) is 42.5 Å². The number of methoxy groups -OCH3 is 2. The van der Waals surface area contributed by atoms with Crippen LogP contribution < -0.4 is 14.8 Å². The van der Waals surface area contributed by atoms with Crippen LogP contribution in [0.2, 0.25) is 0 Å². The molecule has 2 amide bonds. The molecule has 0 aliphatic heterocycles. The number of hydrogen-bond donors (Lipinski definition) is 1. The Morgan fingerprint density at radius 2 is 1.55 bits per heavy atom. The molecule has 0 aliphatic carbocycles. The van der Waals surface area contributed by atoms with Crippen molar-refractivity contribution in [3.63, 3.8) is 0 Å². The van der Waals surface area contributed by atoms with Crippen molar-refractivity contribution in [2.45, 2.75) is 58.2 Å². The highest BCUT2D eigenvalue weighted by Gasteiger charge is 2.32. The zero-order valence-corrected chi connectivity index (χ0v) is 22.8. The van der Waals surface area contributed by atoms with Crippen LogP contribution in [0.1, 0.15) is 43.9 Å². The molecule has 0 fully saturated rings. The maximum Gasteiger partial charge on any atom is 0.243 e. The van der Waals surface area contributed by atoms with E-state index in [1.807, 2.05) is 63.2 Å². The number of carbonyl (C=O) groups excluding carboxylic acids is 2. The third-order valence-electron chi connectivity index (χ3n) is 6.14. The van der Waals surface area contributed by atoms with Gasteiger partial charge in [-0.3, -0.25) is 9.59 Å². The van der Waals surface area contributed by atoms with Gasteiger partial charge in [-0.15, -0.1) is 0 Å². The number of halogens is 1. The van der Waals surface area contributed by atoms with E-state index in [1.54, 1.807) is 38.5 Å². The summed E-state index contributed by atoms with van der Waals surface area (Å²) in [6, 6.07) is 20.6. The van der Waals surface area contributed by atoms with Crippen molar-refractivity contribution in [3.8, 4) is 11.5 Å². The quantitative estimate of drug-likeness (QED) is 0.371. The number of hydrogen-bond acceptors (Lipinski definition) is 4. The maximum atomic E-state index is 14.7. The molecular weight excluding hydrogens is 483 g/mol. The first-order chi connectivity index (χ1) is 18.1. The van der Waals surface area contributed by atoms with Crippen molar-refractivity contribution >= 4 is 11.8 Å². The highest BCUT2D eigenvalue weighted by atomic mass is 19.1. The van der Waals surface area contributed by atoms with Crippen molar-refractivity contribution in [3.05, 3.63) is 95.3 Å². The second-order valence-electron chi connectivity index (χ2n) is 10.2. The fourth-order valence-electron chi connectivity index (χ4n) is 4.25. The summed E-state index contributed by atoms with van der Waals surface area (Å²) in [6.07, 6.45) is 0.864. The van der Waals surface area contributed by atoms with Crippen LogP contribution in [0.5, 0.6) is 11.5 Å². The Kier molecular flexibility index (Phi) is 9.88. The van der Waals surface area contributed by atoms with Gasteiger partial charge in [0, 0.05) is 30.5 Å². The number of nitrogens with one attached hydrogen (secondary N) is 1. The smallest absolute Gasteiger partial charge is 0.243 e. The van der Waals surface area contributed by atoms with E-state index in [2.05, 4.69) is 5.32 Å². The summed E-state index contributed by atoms with van der Waals surface area (Å²) in [4.78, 5) is 28.9. The van der Waals surface area contributed by atoms with E-state index in [0.717, 1.165) is 11.1 Å². The zero-order chi connectivity index (χ0) is 27.7. The van der Waals surface area contributed by atoms with E-state index >= 15 is 0 Å². The second kappa shape index (κ2) is 13.1. The van der Waals surface area contributed by atoms with Gasteiger partial charge in [-0.25, -0.2) is 4.39 Å². The van der Waals surface area contributed by atoms with Crippen LogP contribution in [0.4, 0.5) is 4.39 Å². The summed E-state index contributed by atoms with van der Waals surface area (Å²) in [6.45, 7) is 5.66. The summed E-state index contributed by atoms with van der Waals surface area (Å²) in [5.74, 6) is 0.239. The fraction of sp³-hybridized carbons (Fsp3) is 0.355. The molecule has 0 spiro atoms. The molecule has 3 aromatic carbocycles. The van der Waals surface area contributed by atoms with E-state index in [0.29, 0.717) is 29.9 Å². The van der Waals surface area contributed by atoms with Gasteiger partial charge in [0.2, 0.25) is 11.8 Å². The molecule has 1 atom stereocenters. The van der Waals surface area contributed by atoms with Crippen molar-refractivity contribution in [2.75, 3.05) is 14.2 Å². The van der Waals surface area contributed by atoms with Crippen LogP contribution in [-0.2, 0) is 29.0 Å². The normalized spacial score (nSPS) is 11.9. The minimum absolute atomic E-state index is 0.0213. The van der Waals surface area contributed by atoms with E-state index in [9.17, 15) is 14.0 Å². The lowest BCUT2D eigenvalue weighted by Gasteiger charge is -2.34. The minimum atomic E-state index is -0.825. The molecular formula is C31H37FN2O4. The van der Waals surface area contributed by atoms with Crippen LogP contribution in [0.15, 0.2) is 72.8 Å². The topological polar surface area (TPSA) is 67.9 Å². The van der Waals surface area contributed by atoms with E-state index in [1.165, 1.54) is 11.0 Å². The molecule has 7 heteroatoms. The molecule has 6 nitrogen and oxygen atoms in total. The average molecular weight is 521 g/mol. The molecule has 0 radical (unpaired) electrons. The Bertz CT molecular complexity index is 1220.